The molecule has 2 atom stereocenters. The molecule has 0 aromatic carbocycles. The highest BCUT2D eigenvalue weighted by atomic mass is 16.5. The van der Waals surface area contributed by atoms with Crippen LogP contribution in [0.1, 0.15) is 49.8 Å². The summed E-state index contributed by atoms with van der Waals surface area (Å²) in [6.07, 6.45) is 6.48. The SMILES string of the molecule is CCc1c(N)noc1C1C2CCCCC21. The number of aromatic nitrogens is 1. The van der Waals surface area contributed by atoms with E-state index in [1.54, 1.807) is 0 Å². The Labute approximate surface area is 90.0 Å². The molecule has 2 saturated carbocycles. The van der Waals surface area contributed by atoms with Gasteiger partial charge in [-0.05, 0) is 31.1 Å². The Morgan fingerprint density at radius 1 is 1.33 bits per heavy atom. The lowest BCUT2D eigenvalue weighted by atomic mass is 10.0. The van der Waals surface area contributed by atoms with Crippen molar-refractivity contribution in [1.82, 2.24) is 5.16 Å². The molecule has 3 heteroatoms. The molecule has 2 N–H and O–H groups in total. The molecular formula is C12H18N2O. The highest BCUT2D eigenvalue weighted by Gasteiger charge is 2.54. The lowest BCUT2D eigenvalue weighted by molar-refractivity contribution is 0.379. The zero-order valence-corrected chi connectivity index (χ0v) is 9.20. The Morgan fingerprint density at radius 3 is 2.60 bits per heavy atom. The minimum absolute atomic E-state index is 0.608. The van der Waals surface area contributed by atoms with Gasteiger partial charge in [0, 0.05) is 11.5 Å². The van der Waals surface area contributed by atoms with E-state index in [2.05, 4.69) is 12.1 Å². The molecule has 0 spiro atoms. The molecule has 15 heavy (non-hydrogen) atoms. The Hall–Kier alpha value is -0.990. The van der Waals surface area contributed by atoms with Crippen LogP contribution in [0.2, 0.25) is 0 Å². The van der Waals surface area contributed by atoms with Crippen LogP contribution >= 0.6 is 0 Å². The third-order valence-corrected chi connectivity index (χ3v) is 4.16. The molecule has 2 fully saturated rings. The monoisotopic (exact) mass is 206 g/mol. The van der Waals surface area contributed by atoms with E-state index in [9.17, 15) is 0 Å². The number of anilines is 1. The van der Waals surface area contributed by atoms with Crippen molar-refractivity contribution in [1.29, 1.82) is 0 Å². The standard InChI is InChI=1S/C12H18N2O/c1-2-7-11(15-14-12(7)13)10-8-5-3-4-6-9(8)10/h8-10H,2-6H2,1H3,(H2,13,14). The number of hydrogen-bond acceptors (Lipinski definition) is 3. The summed E-state index contributed by atoms with van der Waals surface area (Å²) in [5.74, 6) is 4.10. The van der Waals surface area contributed by atoms with Crippen molar-refractivity contribution in [3.8, 4) is 0 Å². The molecule has 0 radical (unpaired) electrons. The van der Waals surface area contributed by atoms with Gasteiger partial charge in [-0.3, -0.25) is 0 Å². The lowest BCUT2D eigenvalue weighted by Crippen LogP contribution is -1.92. The van der Waals surface area contributed by atoms with Crippen LogP contribution in [0.15, 0.2) is 4.52 Å². The second kappa shape index (κ2) is 3.26. The number of hydrogen-bond donors (Lipinski definition) is 1. The number of nitrogens with zero attached hydrogens (tertiary/aromatic N) is 1. The normalized spacial score (nSPS) is 33.8. The van der Waals surface area contributed by atoms with Gasteiger partial charge in [-0.25, -0.2) is 0 Å². The predicted molar refractivity (Wildman–Crippen MR) is 58.5 cm³/mol. The summed E-state index contributed by atoms with van der Waals surface area (Å²) < 4.78 is 5.43. The van der Waals surface area contributed by atoms with Crippen LogP contribution in [0.5, 0.6) is 0 Å². The zero-order chi connectivity index (χ0) is 10.4. The van der Waals surface area contributed by atoms with Crippen molar-refractivity contribution in [2.45, 2.75) is 44.9 Å². The highest BCUT2D eigenvalue weighted by molar-refractivity contribution is 5.43. The number of rotatable bonds is 2. The van der Waals surface area contributed by atoms with E-state index < -0.39 is 0 Å². The minimum Gasteiger partial charge on any atom is -0.381 e. The van der Waals surface area contributed by atoms with Crippen LogP contribution in [-0.4, -0.2) is 5.16 Å². The van der Waals surface area contributed by atoms with Crippen LogP contribution in [0.25, 0.3) is 0 Å². The molecule has 0 amide bonds. The Bertz CT molecular complexity index is 360. The summed E-state index contributed by atoms with van der Waals surface area (Å²) in [5, 5.41) is 3.91. The van der Waals surface area contributed by atoms with Crippen molar-refractivity contribution in [3.63, 3.8) is 0 Å². The van der Waals surface area contributed by atoms with E-state index in [1.165, 1.54) is 25.7 Å². The first kappa shape index (κ1) is 9.25. The third kappa shape index (κ3) is 1.29. The Balaban J connectivity index is 1.88. The van der Waals surface area contributed by atoms with E-state index in [-0.39, 0.29) is 0 Å². The van der Waals surface area contributed by atoms with E-state index >= 15 is 0 Å². The summed E-state index contributed by atoms with van der Waals surface area (Å²) in [4.78, 5) is 0. The Morgan fingerprint density at radius 2 is 2.00 bits per heavy atom. The second-order valence-corrected chi connectivity index (χ2v) is 4.90. The van der Waals surface area contributed by atoms with Gasteiger partial charge in [-0.15, -0.1) is 0 Å². The molecule has 1 aromatic heterocycles. The fourth-order valence-electron chi connectivity index (χ4n) is 3.33. The van der Waals surface area contributed by atoms with E-state index in [1.807, 2.05) is 0 Å². The first-order valence-electron chi connectivity index (χ1n) is 6.06. The third-order valence-electron chi connectivity index (χ3n) is 4.16. The molecule has 1 heterocycles. The maximum atomic E-state index is 5.80. The molecule has 0 aliphatic heterocycles. The van der Waals surface area contributed by atoms with Gasteiger partial charge in [0.25, 0.3) is 0 Å². The zero-order valence-electron chi connectivity index (χ0n) is 9.20. The number of nitrogen functional groups attached to an aromatic ring is 1. The number of fused-ring (bicyclic) bond motifs is 1. The molecule has 2 unspecified atom stereocenters. The molecule has 82 valence electrons. The fourth-order valence-corrected chi connectivity index (χ4v) is 3.33. The Kier molecular flexibility index (Phi) is 2.01. The minimum atomic E-state index is 0.608. The average Bonchev–Trinajstić information content (AvgIpc) is 2.87. The number of nitrogens with two attached hydrogens (primary N) is 1. The maximum absolute atomic E-state index is 5.80. The average molecular weight is 206 g/mol. The van der Waals surface area contributed by atoms with Crippen molar-refractivity contribution in [2.75, 3.05) is 5.73 Å². The summed E-state index contributed by atoms with van der Waals surface area (Å²) in [6, 6.07) is 0. The smallest absolute Gasteiger partial charge is 0.170 e. The summed E-state index contributed by atoms with van der Waals surface area (Å²) in [7, 11) is 0. The largest absolute Gasteiger partial charge is 0.381 e. The quantitative estimate of drug-likeness (QED) is 0.809. The molecular weight excluding hydrogens is 188 g/mol. The molecule has 0 bridgehead atoms. The van der Waals surface area contributed by atoms with Gasteiger partial charge in [0.1, 0.15) is 5.76 Å². The summed E-state index contributed by atoms with van der Waals surface area (Å²) in [5.41, 5.74) is 6.96. The van der Waals surface area contributed by atoms with Crippen molar-refractivity contribution in [2.24, 2.45) is 11.8 Å². The molecule has 3 rings (SSSR count). The lowest BCUT2D eigenvalue weighted by Gasteiger charge is -2.04. The fraction of sp³-hybridized carbons (Fsp3) is 0.750. The van der Waals surface area contributed by atoms with Gasteiger partial charge < -0.3 is 10.3 Å². The molecule has 3 nitrogen and oxygen atoms in total. The molecule has 0 saturated heterocycles. The first-order valence-corrected chi connectivity index (χ1v) is 6.06. The molecule has 2 aliphatic carbocycles. The molecule has 1 aromatic rings. The summed E-state index contributed by atoms with van der Waals surface area (Å²) in [6.45, 7) is 2.12. The van der Waals surface area contributed by atoms with Crippen LogP contribution in [0.3, 0.4) is 0 Å². The van der Waals surface area contributed by atoms with Crippen molar-refractivity contribution < 1.29 is 4.52 Å². The van der Waals surface area contributed by atoms with E-state index in [4.69, 9.17) is 10.3 Å². The van der Waals surface area contributed by atoms with Crippen LogP contribution < -0.4 is 5.73 Å². The van der Waals surface area contributed by atoms with Crippen LogP contribution in [-0.2, 0) is 6.42 Å². The summed E-state index contributed by atoms with van der Waals surface area (Å²) >= 11 is 0. The van der Waals surface area contributed by atoms with E-state index in [0.29, 0.717) is 11.7 Å². The van der Waals surface area contributed by atoms with Crippen molar-refractivity contribution >= 4 is 5.82 Å². The van der Waals surface area contributed by atoms with Gasteiger partial charge >= 0.3 is 0 Å². The first-order chi connectivity index (χ1) is 7.33. The highest BCUT2D eigenvalue weighted by Crippen LogP contribution is 2.62. The van der Waals surface area contributed by atoms with Gasteiger partial charge in [0.2, 0.25) is 0 Å². The van der Waals surface area contributed by atoms with E-state index in [0.717, 1.165) is 29.6 Å². The maximum Gasteiger partial charge on any atom is 0.170 e. The van der Waals surface area contributed by atoms with Gasteiger partial charge in [-0.1, -0.05) is 24.9 Å². The van der Waals surface area contributed by atoms with Crippen LogP contribution in [0.4, 0.5) is 5.82 Å². The predicted octanol–water partition coefficient (Wildman–Crippen LogP) is 2.72. The molecule has 2 aliphatic rings. The second-order valence-electron chi connectivity index (χ2n) is 4.90. The van der Waals surface area contributed by atoms with Crippen molar-refractivity contribution in [3.05, 3.63) is 11.3 Å². The van der Waals surface area contributed by atoms with Gasteiger partial charge in [0.05, 0.1) is 0 Å². The van der Waals surface area contributed by atoms with Gasteiger partial charge in [-0.2, -0.15) is 0 Å². The van der Waals surface area contributed by atoms with Gasteiger partial charge in [0.15, 0.2) is 5.82 Å². The van der Waals surface area contributed by atoms with Crippen LogP contribution in [0, 0.1) is 11.8 Å². The topological polar surface area (TPSA) is 52.0 Å².